The Balaban J connectivity index is 1.75. The van der Waals surface area contributed by atoms with E-state index in [9.17, 15) is 13.6 Å². The van der Waals surface area contributed by atoms with Gasteiger partial charge in [-0.2, -0.15) is 0 Å². The zero-order valence-corrected chi connectivity index (χ0v) is 14.5. The Bertz CT molecular complexity index is 655. The lowest BCUT2D eigenvalue weighted by atomic mass is 10.0. The average Bonchev–Trinajstić information content (AvgIpc) is 2.65. The molecule has 0 unspecified atom stereocenters. The Morgan fingerprint density at radius 1 is 0.960 bits per heavy atom. The Labute approximate surface area is 150 Å². The van der Waals surface area contributed by atoms with Gasteiger partial charge in [0, 0.05) is 13.1 Å². The van der Waals surface area contributed by atoms with Crippen LogP contribution in [0.4, 0.5) is 8.78 Å². The molecule has 0 radical (unpaired) electrons. The van der Waals surface area contributed by atoms with Crippen LogP contribution >= 0.6 is 11.8 Å². The highest BCUT2D eigenvalue weighted by atomic mass is 32.2. The van der Waals surface area contributed by atoms with Gasteiger partial charge in [0.25, 0.3) is 0 Å². The molecule has 25 heavy (non-hydrogen) atoms. The molecular weight excluding hydrogens is 344 g/mol. The van der Waals surface area contributed by atoms with Gasteiger partial charge >= 0.3 is 0 Å². The van der Waals surface area contributed by atoms with Crippen LogP contribution in [0.1, 0.15) is 16.4 Å². The molecule has 1 heterocycles. The average molecular weight is 363 g/mol. The van der Waals surface area contributed by atoms with Crippen molar-refractivity contribution in [3.8, 4) is 0 Å². The van der Waals surface area contributed by atoms with Crippen molar-refractivity contribution < 1.29 is 18.3 Å². The molecule has 0 atom stereocenters. The third kappa shape index (κ3) is 4.80. The normalized spacial score (nSPS) is 14.8. The minimum atomic E-state index is -0.309. The van der Waals surface area contributed by atoms with Crippen molar-refractivity contribution in [3.05, 3.63) is 71.3 Å². The molecule has 6 heteroatoms. The molecule has 0 aliphatic carbocycles. The van der Waals surface area contributed by atoms with Crippen LogP contribution in [0, 0.1) is 11.6 Å². The largest absolute Gasteiger partial charge is 0.378 e. The van der Waals surface area contributed by atoms with E-state index in [4.69, 9.17) is 4.74 Å². The van der Waals surface area contributed by atoms with Crippen LogP contribution in [0.3, 0.4) is 0 Å². The smallest absolute Gasteiger partial charge is 0.232 e. The number of amides is 1. The van der Waals surface area contributed by atoms with Crippen LogP contribution in [-0.4, -0.2) is 42.9 Å². The number of hydrogen-bond donors (Lipinski definition) is 0. The highest BCUT2D eigenvalue weighted by molar-refractivity contribution is 8.00. The van der Waals surface area contributed by atoms with E-state index < -0.39 is 0 Å². The highest BCUT2D eigenvalue weighted by Gasteiger charge is 2.21. The zero-order valence-electron chi connectivity index (χ0n) is 13.7. The molecule has 1 aliphatic heterocycles. The van der Waals surface area contributed by atoms with E-state index >= 15 is 0 Å². The molecule has 3 nitrogen and oxygen atoms in total. The summed E-state index contributed by atoms with van der Waals surface area (Å²) in [5.74, 6) is -0.256. The second-order valence-electron chi connectivity index (χ2n) is 5.79. The number of thioether (sulfide) groups is 1. The van der Waals surface area contributed by atoms with Crippen LogP contribution < -0.4 is 0 Å². The van der Waals surface area contributed by atoms with Crippen molar-refractivity contribution in [3.63, 3.8) is 0 Å². The summed E-state index contributed by atoms with van der Waals surface area (Å²) in [4.78, 5) is 14.2. The van der Waals surface area contributed by atoms with Crippen molar-refractivity contribution >= 4 is 17.7 Å². The summed E-state index contributed by atoms with van der Waals surface area (Å²) < 4.78 is 31.7. The van der Waals surface area contributed by atoms with E-state index in [0.29, 0.717) is 32.1 Å². The summed E-state index contributed by atoms with van der Waals surface area (Å²) in [6.07, 6.45) is 0. The van der Waals surface area contributed by atoms with Crippen molar-refractivity contribution in [2.75, 3.05) is 32.1 Å². The second kappa shape index (κ2) is 8.45. The van der Waals surface area contributed by atoms with Crippen molar-refractivity contribution in [2.45, 2.75) is 5.25 Å². The van der Waals surface area contributed by atoms with Gasteiger partial charge in [0.2, 0.25) is 5.91 Å². The van der Waals surface area contributed by atoms with Crippen molar-refractivity contribution in [1.82, 2.24) is 4.90 Å². The van der Waals surface area contributed by atoms with Gasteiger partial charge in [-0.3, -0.25) is 4.79 Å². The number of carbonyl (C=O) groups is 1. The maximum Gasteiger partial charge on any atom is 0.232 e. The van der Waals surface area contributed by atoms with E-state index in [1.165, 1.54) is 36.0 Å². The van der Waals surface area contributed by atoms with Crippen LogP contribution in [-0.2, 0) is 9.53 Å². The fourth-order valence-corrected chi connectivity index (χ4v) is 3.91. The molecule has 1 fully saturated rings. The fourth-order valence-electron chi connectivity index (χ4n) is 2.72. The van der Waals surface area contributed by atoms with E-state index in [1.807, 2.05) is 0 Å². The maximum absolute atomic E-state index is 13.2. The SMILES string of the molecule is O=C(CSC(c1ccc(F)cc1)c1ccc(F)cc1)N1CCOCC1. The van der Waals surface area contributed by atoms with E-state index in [2.05, 4.69) is 0 Å². The molecule has 0 spiro atoms. The van der Waals surface area contributed by atoms with E-state index in [0.717, 1.165) is 11.1 Å². The van der Waals surface area contributed by atoms with Crippen LogP contribution in [0.15, 0.2) is 48.5 Å². The molecule has 2 aromatic rings. The number of halogens is 2. The van der Waals surface area contributed by atoms with Crippen LogP contribution in [0.2, 0.25) is 0 Å². The van der Waals surface area contributed by atoms with E-state index in [1.54, 1.807) is 29.2 Å². The molecule has 3 rings (SSSR count). The fraction of sp³-hybridized carbons (Fsp3) is 0.316. The topological polar surface area (TPSA) is 29.5 Å². The molecule has 0 bridgehead atoms. The molecule has 1 amide bonds. The quantitative estimate of drug-likeness (QED) is 0.812. The third-order valence-electron chi connectivity index (χ3n) is 4.08. The zero-order chi connectivity index (χ0) is 17.6. The molecule has 2 aromatic carbocycles. The van der Waals surface area contributed by atoms with Crippen molar-refractivity contribution in [1.29, 1.82) is 0 Å². The number of rotatable bonds is 5. The first-order valence-electron chi connectivity index (χ1n) is 8.11. The van der Waals surface area contributed by atoms with Crippen LogP contribution in [0.5, 0.6) is 0 Å². The predicted octanol–water partition coefficient (Wildman–Crippen LogP) is 3.65. The monoisotopic (exact) mass is 363 g/mol. The number of benzene rings is 2. The lowest BCUT2D eigenvalue weighted by Crippen LogP contribution is -2.41. The number of morpholine rings is 1. The lowest BCUT2D eigenvalue weighted by molar-refractivity contribution is -0.132. The Morgan fingerprint density at radius 3 is 1.92 bits per heavy atom. The summed E-state index contributed by atoms with van der Waals surface area (Å²) in [6.45, 7) is 2.35. The number of ether oxygens (including phenoxy) is 1. The lowest BCUT2D eigenvalue weighted by Gasteiger charge is -2.27. The molecule has 0 aromatic heterocycles. The minimum Gasteiger partial charge on any atom is -0.378 e. The van der Waals surface area contributed by atoms with Gasteiger partial charge in [0.15, 0.2) is 0 Å². The number of carbonyl (C=O) groups excluding carboxylic acids is 1. The van der Waals surface area contributed by atoms with E-state index in [-0.39, 0.29) is 22.8 Å². The van der Waals surface area contributed by atoms with Gasteiger partial charge in [-0.15, -0.1) is 11.8 Å². The third-order valence-corrected chi connectivity index (χ3v) is 5.37. The molecular formula is C19H19F2NO2S. The van der Waals surface area contributed by atoms with Crippen molar-refractivity contribution in [2.24, 2.45) is 0 Å². The summed E-state index contributed by atoms with van der Waals surface area (Å²) in [5.41, 5.74) is 1.76. The molecule has 0 N–H and O–H groups in total. The summed E-state index contributed by atoms with van der Waals surface area (Å²) >= 11 is 1.46. The molecule has 1 aliphatic rings. The number of hydrogen-bond acceptors (Lipinski definition) is 3. The summed E-state index contributed by atoms with van der Waals surface area (Å²) in [7, 11) is 0. The standard InChI is InChI=1S/C19H19F2NO2S/c20-16-5-1-14(2-6-16)19(15-3-7-17(21)8-4-15)25-13-18(23)22-9-11-24-12-10-22/h1-8,19H,9-13H2. The Hall–Kier alpha value is -1.92. The molecule has 132 valence electrons. The van der Waals surface area contributed by atoms with Gasteiger partial charge in [-0.05, 0) is 35.4 Å². The maximum atomic E-state index is 13.2. The minimum absolute atomic E-state index is 0.0579. The summed E-state index contributed by atoms with van der Waals surface area (Å²) in [6, 6.07) is 12.4. The highest BCUT2D eigenvalue weighted by Crippen LogP contribution is 2.36. The van der Waals surface area contributed by atoms with Gasteiger partial charge in [0.1, 0.15) is 11.6 Å². The first-order valence-corrected chi connectivity index (χ1v) is 9.16. The van der Waals surface area contributed by atoms with Crippen LogP contribution in [0.25, 0.3) is 0 Å². The molecule has 0 saturated carbocycles. The summed E-state index contributed by atoms with van der Waals surface area (Å²) in [5, 5.41) is -0.161. The number of nitrogens with zero attached hydrogens (tertiary/aromatic N) is 1. The Morgan fingerprint density at radius 2 is 1.44 bits per heavy atom. The second-order valence-corrected chi connectivity index (χ2v) is 6.88. The predicted molar refractivity (Wildman–Crippen MR) is 94.5 cm³/mol. The van der Waals surface area contributed by atoms with Gasteiger partial charge in [0.05, 0.1) is 24.2 Å². The first-order chi connectivity index (χ1) is 12.1. The molecule has 1 saturated heterocycles. The van der Waals surface area contributed by atoms with Gasteiger partial charge < -0.3 is 9.64 Å². The van der Waals surface area contributed by atoms with Gasteiger partial charge in [-0.1, -0.05) is 24.3 Å². The first kappa shape index (κ1) is 17.9. The Kier molecular flexibility index (Phi) is 6.04. The van der Waals surface area contributed by atoms with Gasteiger partial charge in [-0.25, -0.2) is 8.78 Å².